The molecule has 14 heavy (non-hydrogen) atoms. The van der Waals surface area contributed by atoms with E-state index in [0.717, 1.165) is 0 Å². The normalized spacial score (nSPS) is 21.6. The molecule has 3 nitrogen and oxygen atoms in total. The molecule has 0 amide bonds. The van der Waals surface area contributed by atoms with Crippen LogP contribution in [0.15, 0.2) is 6.33 Å². The van der Waals surface area contributed by atoms with Crippen LogP contribution in [0.3, 0.4) is 0 Å². The molecule has 0 bridgehead atoms. The monoisotopic (exact) mass is 199 g/mol. The smallest absolute Gasteiger partial charge is 0.186 e. The van der Waals surface area contributed by atoms with Crippen LogP contribution in [0.1, 0.15) is 12.1 Å². The molecule has 0 unspecified atom stereocenters. The highest BCUT2D eigenvalue weighted by molar-refractivity contribution is 5.41. The molecule has 0 N–H and O–H groups in total. The number of aryl methyl sites for hydroxylation is 1. The lowest BCUT2D eigenvalue weighted by Gasteiger charge is -2.16. The van der Waals surface area contributed by atoms with E-state index in [1.807, 2.05) is 0 Å². The van der Waals surface area contributed by atoms with E-state index >= 15 is 0 Å². The van der Waals surface area contributed by atoms with Crippen LogP contribution in [-0.4, -0.2) is 29.2 Å². The van der Waals surface area contributed by atoms with Gasteiger partial charge in [-0.15, -0.1) is 0 Å². The molecule has 1 atom stereocenters. The number of halogens is 2. The lowest BCUT2D eigenvalue weighted by molar-refractivity contribution is 0.364. The SMILES string of the molecule is Cc1ncnc(N2CC[C@H](F)C2)c1F. The fourth-order valence-electron chi connectivity index (χ4n) is 1.58. The van der Waals surface area contributed by atoms with Gasteiger partial charge in [0.15, 0.2) is 11.6 Å². The summed E-state index contributed by atoms with van der Waals surface area (Å²) in [5.74, 6) is -0.223. The largest absolute Gasteiger partial charge is 0.351 e. The Morgan fingerprint density at radius 2 is 2.29 bits per heavy atom. The number of rotatable bonds is 1. The van der Waals surface area contributed by atoms with E-state index < -0.39 is 12.0 Å². The molecule has 1 aromatic rings. The van der Waals surface area contributed by atoms with Gasteiger partial charge in [-0.2, -0.15) is 0 Å². The Labute approximate surface area is 80.8 Å². The topological polar surface area (TPSA) is 29.0 Å². The predicted molar refractivity (Wildman–Crippen MR) is 48.5 cm³/mol. The number of hydrogen-bond donors (Lipinski definition) is 0. The lowest BCUT2D eigenvalue weighted by atomic mass is 10.3. The maximum absolute atomic E-state index is 13.5. The van der Waals surface area contributed by atoms with Crippen LogP contribution in [0.25, 0.3) is 0 Å². The molecule has 5 heteroatoms. The molecule has 0 aliphatic carbocycles. The third kappa shape index (κ3) is 1.54. The Bertz CT molecular complexity index is 343. The van der Waals surface area contributed by atoms with Crippen LogP contribution in [0.2, 0.25) is 0 Å². The molecule has 0 aromatic carbocycles. The van der Waals surface area contributed by atoms with Crippen LogP contribution in [0.4, 0.5) is 14.6 Å². The van der Waals surface area contributed by atoms with Gasteiger partial charge < -0.3 is 4.90 Å². The van der Waals surface area contributed by atoms with Gasteiger partial charge in [0, 0.05) is 6.54 Å². The van der Waals surface area contributed by atoms with E-state index in [0.29, 0.717) is 18.7 Å². The molecule has 0 spiro atoms. The molecule has 0 radical (unpaired) electrons. The van der Waals surface area contributed by atoms with Gasteiger partial charge in [0.25, 0.3) is 0 Å². The van der Waals surface area contributed by atoms with E-state index in [9.17, 15) is 8.78 Å². The average Bonchev–Trinajstić information content (AvgIpc) is 2.57. The zero-order valence-electron chi connectivity index (χ0n) is 7.87. The quantitative estimate of drug-likeness (QED) is 0.685. The maximum atomic E-state index is 13.5. The summed E-state index contributed by atoms with van der Waals surface area (Å²) in [6.07, 6.45) is 0.881. The fourth-order valence-corrected chi connectivity index (χ4v) is 1.58. The van der Waals surface area contributed by atoms with Gasteiger partial charge in [0.05, 0.1) is 12.2 Å². The Balaban J connectivity index is 2.28. The van der Waals surface area contributed by atoms with E-state index in [2.05, 4.69) is 9.97 Å². The summed E-state index contributed by atoms with van der Waals surface area (Å²) in [6, 6.07) is 0. The van der Waals surface area contributed by atoms with Crippen molar-refractivity contribution >= 4 is 5.82 Å². The third-order valence-corrected chi connectivity index (χ3v) is 2.38. The van der Waals surface area contributed by atoms with Gasteiger partial charge >= 0.3 is 0 Å². The van der Waals surface area contributed by atoms with E-state index in [-0.39, 0.29) is 12.4 Å². The van der Waals surface area contributed by atoms with Crippen molar-refractivity contribution in [2.45, 2.75) is 19.5 Å². The minimum absolute atomic E-state index is 0.220. The zero-order valence-corrected chi connectivity index (χ0v) is 7.87. The summed E-state index contributed by atoms with van der Waals surface area (Å²) < 4.78 is 26.4. The Morgan fingerprint density at radius 3 is 2.93 bits per heavy atom. The molecule has 76 valence electrons. The summed E-state index contributed by atoms with van der Waals surface area (Å²) >= 11 is 0. The summed E-state index contributed by atoms with van der Waals surface area (Å²) in [4.78, 5) is 9.17. The number of nitrogens with zero attached hydrogens (tertiary/aromatic N) is 3. The summed E-state index contributed by atoms with van der Waals surface area (Å²) in [6.45, 7) is 2.32. The molecule has 2 heterocycles. The number of aromatic nitrogens is 2. The summed E-state index contributed by atoms with van der Waals surface area (Å²) in [5, 5.41) is 0. The van der Waals surface area contributed by atoms with Crippen molar-refractivity contribution in [2.75, 3.05) is 18.0 Å². The first-order valence-corrected chi connectivity index (χ1v) is 4.54. The minimum atomic E-state index is -0.871. The van der Waals surface area contributed by atoms with E-state index in [4.69, 9.17) is 0 Å². The Kier molecular flexibility index (Phi) is 2.31. The van der Waals surface area contributed by atoms with Crippen LogP contribution < -0.4 is 4.90 Å². The van der Waals surface area contributed by atoms with Crippen LogP contribution in [0.5, 0.6) is 0 Å². The summed E-state index contributed by atoms with van der Waals surface area (Å²) in [7, 11) is 0. The molecular formula is C9H11F2N3. The minimum Gasteiger partial charge on any atom is -0.351 e. The molecule has 0 saturated carbocycles. The van der Waals surface area contributed by atoms with Gasteiger partial charge in [-0.25, -0.2) is 18.7 Å². The van der Waals surface area contributed by atoms with Crippen molar-refractivity contribution in [3.63, 3.8) is 0 Å². The molecule has 1 aromatic heterocycles. The third-order valence-electron chi connectivity index (χ3n) is 2.38. The molecular weight excluding hydrogens is 188 g/mol. The highest BCUT2D eigenvalue weighted by Crippen LogP contribution is 2.22. The van der Waals surface area contributed by atoms with Crippen LogP contribution in [-0.2, 0) is 0 Å². The molecule has 1 fully saturated rings. The van der Waals surface area contributed by atoms with Gasteiger partial charge in [0.1, 0.15) is 12.5 Å². The highest BCUT2D eigenvalue weighted by atomic mass is 19.1. The van der Waals surface area contributed by atoms with Crippen molar-refractivity contribution in [3.8, 4) is 0 Å². The second kappa shape index (κ2) is 3.48. The van der Waals surface area contributed by atoms with Crippen molar-refractivity contribution in [2.24, 2.45) is 0 Å². The second-order valence-corrected chi connectivity index (χ2v) is 3.43. The first-order chi connectivity index (χ1) is 6.68. The standard InChI is InChI=1S/C9H11F2N3/c1-6-8(11)9(13-5-12-6)14-3-2-7(10)4-14/h5,7H,2-4H2,1H3/t7-/m0/s1. The van der Waals surface area contributed by atoms with Gasteiger partial charge in [-0.05, 0) is 13.3 Å². The molecule has 1 aliphatic rings. The van der Waals surface area contributed by atoms with E-state index in [1.54, 1.807) is 11.8 Å². The maximum Gasteiger partial charge on any atom is 0.186 e. The number of hydrogen-bond acceptors (Lipinski definition) is 3. The average molecular weight is 199 g/mol. The lowest BCUT2D eigenvalue weighted by Crippen LogP contribution is -2.23. The Hall–Kier alpha value is -1.26. The van der Waals surface area contributed by atoms with Gasteiger partial charge in [-0.3, -0.25) is 0 Å². The molecule has 2 rings (SSSR count). The fraction of sp³-hybridized carbons (Fsp3) is 0.556. The first kappa shape index (κ1) is 9.30. The van der Waals surface area contributed by atoms with Crippen molar-refractivity contribution in [1.82, 2.24) is 9.97 Å². The van der Waals surface area contributed by atoms with Gasteiger partial charge in [-0.1, -0.05) is 0 Å². The molecule has 1 saturated heterocycles. The zero-order chi connectivity index (χ0) is 10.1. The van der Waals surface area contributed by atoms with Crippen molar-refractivity contribution < 1.29 is 8.78 Å². The second-order valence-electron chi connectivity index (χ2n) is 3.43. The molecule has 1 aliphatic heterocycles. The first-order valence-electron chi connectivity index (χ1n) is 4.54. The number of anilines is 1. The van der Waals surface area contributed by atoms with Gasteiger partial charge in [0.2, 0.25) is 0 Å². The highest BCUT2D eigenvalue weighted by Gasteiger charge is 2.25. The van der Waals surface area contributed by atoms with Crippen molar-refractivity contribution in [1.29, 1.82) is 0 Å². The number of alkyl halides is 1. The Morgan fingerprint density at radius 1 is 1.50 bits per heavy atom. The van der Waals surface area contributed by atoms with Crippen molar-refractivity contribution in [3.05, 3.63) is 17.8 Å². The predicted octanol–water partition coefficient (Wildman–Crippen LogP) is 1.47. The van der Waals surface area contributed by atoms with Crippen LogP contribution >= 0.6 is 0 Å². The van der Waals surface area contributed by atoms with E-state index in [1.165, 1.54) is 6.33 Å². The summed E-state index contributed by atoms with van der Waals surface area (Å²) in [5.41, 5.74) is 0.303. The van der Waals surface area contributed by atoms with Crippen LogP contribution in [0, 0.1) is 12.7 Å².